The second-order valence-electron chi connectivity index (χ2n) is 6.82. The summed E-state index contributed by atoms with van der Waals surface area (Å²) in [7, 11) is 1.77. The van der Waals surface area contributed by atoms with Crippen LogP contribution in [0.2, 0.25) is 0 Å². The Morgan fingerprint density at radius 3 is 2.62 bits per heavy atom. The average Bonchev–Trinajstić information content (AvgIpc) is 2.49. The first-order valence-electron chi connectivity index (χ1n) is 8.65. The highest BCUT2D eigenvalue weighted by Crippen LogP contribution is 2.23. The number of anilines is 1. The summed E-state index contributed by atoms with van der Waals surface area (Å²) < 4.78 is 0. The molecule has 0 radical (unpaired) electrons. The number of carbonyl (C=O) groups excluding carboxylic acids is 2. The number of carbonyl (C=O) groups is 2. The molecule has 1 saturated carbocycles. The molecular formula is C18H28N4O2. The minimum Gasteiger partial charge on any atom is -0.352 e. The highest BCUT2D eigenvalue weighted by molar-refractivity contribution is 5.91. The Morgan fingerprint density at radius 2 is 1.92 bits per heavy atom. The van der Waals surface area contributed by atoms with Gasteiger partial charge in [-0.05, 0) is 44.9 Å². The summed E-state index contributed by atoms with van der Waals surface area (Å²) in [6, 6.07) is 5.74. The van der Waals surface area contributed by atoms with Crippen LogP contribution in [0.25, 0.3) is 0 Å². The van der Waals surface area contributed by atoms with E-state index in [0.29, 0.717) is 11.7 Å². The van der Waals surface area contributed by atoms with Crippen molar-refractivity contribution in [2.45, 2.75) is 45.6 Å². The van der Waals surface area contributed by atoms with E-state index in [1.165, 1.54) is 19.3 Å². The molecule has 2 rings (SSSR count). The number of likely N-dealkylation sites (N-methyl/N-ethyl adjacent to an activating group) is 1. The van der Waals surface area contributed by atoms with E-state index in [-0.39, 0.29) is 30.9 Å². The van der Waals surface area contributed by atoms with Gasteiger partial charge in [-0.1, -0.05) is 25.8 Å². The average molecular weight is 332 g/mol. The van der Waals surface area contributed by atoms with E-state index >= 15 is 0 Å². The zero-order valence-electron chi connectivity index (χ0n) is 14.8. The van der Waals surface area contributed by atoms with Gasteiger partial charge in [0.05, 0.1) is 13.1 Å². The van der Waals surface area contributed by atoms with Crippen LogP contribution in [-0.2, 0) is 9.59 Å². The van der Waals surface area contributed by atoms with E-state index in [4.69, 9.17) is 0 Å². The SMILES string of the molecule is Cc1cccc(NC(=O)CN(C)CC(=O)N[C@@H]2CCCC[C@@H]2C)n1. The highest BCUT2D eigenvalue weighted by atomic mass is 16.2. The van der Waals surface area contributed by atoms with Gasteiger partial charge in [0.2, 0.25) is 11.8 Å². The van der Waals surface area contributed by atoms with E-state index in [2.05, 4.69) is 22.5 Å². The van der Waals surface area contributed by atoms with Gasteiger partial charge in [0.25, 0.3) is 0 Å². The van der Waals surface area contributed by atoms with E-state index in [1.807, 2.05) is 19.1 Å². The van der Waals surface area contributed by atoms with E-state index in [1.54, 1.807) is 18.0 Å². The Morgan fingerprint density at radius 1 is 1.21 bits per heavy atom. The Labute approximate surface area is 144 Å². The largest absolute Gasteiger partial charge is 0.352 e. The Hall–Kier alpha value is -1.95. The lowest BCUT2D eigenvalue weighted by atomic mass is 9.86. The number of nitrogens with zero attached hydrogens (tertiary/aromatic N) is 2. The van der Waals surface area contributed by atoms with Crippen LogP contribution in [0.15, 0.2) is 18.2 Å². The predicted molar refractivity (Wildman–Crippen MR) is 94.7 cm³/mol. The summed E-state index contributed by atoms with van der Waals surface area (Å²) in [4.78, 5) is 30.1. The molecule has 2 atom stereocenters. The first-order chi connectivity index (χ1) is 11.4. The minimum absolute atomic E-state index is 0.0160. The number of hydrogen-bond acceptors (Lipinski definition) is 4. The lowest BCUT2D eigenvalue weighted by Gasteiger charge is -2.30. The number of pyridine rings is 1. The van der Waals surface area contributed by atoms with Crippen molar-refractivity contribution in [1.29, 1.82) is 0 Å². The summed E-state index contributed by atoms with van der Waals surface area (Å²) in [5.41, 5.74) is 0.849. The van der Waals surface area contributed by atoms with Crippen LogP contribution in [0.3, 0.4) is 0 Å². The van der Waals surface area contributed by atoms with Crippen molar-refractivity contribution < 1.29 is 9.59 Å². The monoisotopic (exact) mass is 332 g/mol. The topological polar surface area (TPSA) is 74.3 Å². The molecule has 1 fully saturated rings. The van der Waals surface area contributed by atoms with Crippen LogP contribution in [-0.4, -0.2) is 47.9 Å². The van der Waals surface area contributed by atoms with Crippen molar-refractivity contribution >= 4 is 17.6 Å². The first kappa shape index (κ1) is 18.4. The third-order valence-corrected chi connectivity index (χ3v) is 4.44. The fraction of sp³-hybridized carbons (Fsp3) is 0.611. The lowest BCUT2D eigenvalue weighted by molar-refractivity contribution is -0.124. The fourth-order valence-corrected chi connectivity index (χ4v) is 3.12. The molecule has 1 aliphatic rings. The maximum atomic E-state index is 12.2. The zero-order chi connectivity index (χ0) is 17.5. The second-order valence-corrected chi connectivity index (χ2v) is 6.82. The number of aromatic nitrogens is 1. The van der Waals surface area contributed by atoms with Crippen LogP contribution in [0.5, 0.6) is 0 Å². The molecule has 2 amide bonds. The van der Waals surface area contributed by atoms with Crippen LogP contribution in [0.4, 0.5) is 5.82 Å². The van der Waals surface area contributed by atoms with E-state index < -0.39 is 0 Å². The summed E-state index contributed by atoms with van der Waals surface area (Å²) in [5, 5.41) is 5.86. The molecule has 0 bridgehead atoms. The van der Waals surface area contributed by atoms with Crippen LogP contribution >= 0.6 is 0 Å². The quantitative estimate of drug-likeness (QED) is 0.835. The molecule has 1 aromatic rings. The number of aryl methyl sites for hydroxylation is 1. The minimum atomic E-state index is -0.172. The highest BCUT2D eigenvalue weighted by Gasteiger charge is 2.23. The van der Waals surface area contributed by atoms with Crippen molar-refractivity contribution in [3.8, 4) is 0 Å². The number of nitrogens with one attached hydrogen (secondary N) is 2. The van der Waals surface area contributed by atoms with Crippen LogP contribution < -0.4 is 10.6 Å². The Kier molecular flexibility index (Phi) is 6.73. The van der Waals surface area contributed by atoms with E-state index in [9.17, 15) is 9.59 Å². The van der Waals surface area contributed by atoms with Gasteiger partial charge in [-0.2, -0.15) is 0 Å². The molecule has 1 aromatic heterocycles. The molecule has 0 unspecified atom stereocenters. The number of rotatable bonds is 6. The molecular weight excluding hydrogens is 304 g/mol. The van der Waals surface area contributed by atoms with Crippen molar-refractivity contribution in [3.05, 3.63) is 23.9 Å². The Bertz CT molecular complexity index is 576. The number of hydrogen-bond donors (Lipinski definition) is 2. The fourth-order valence-electron chi connectivity index (χ4n) is 3.12. The van der Waals surface area contributed by atoms with Crippen molar-refractivity contribution in [3.63, 3.8) is 0 Å². The zero-order valence-corrected chi connectivity index (χ0v) is 14.8. The first-order valence-corrected chi connectivity index (χ1v) is 8.65. The van der Waals surface area contributed by atoms with Gasteiger partial charge in [0.1, 0.15) is 5.82 Å². The third kappa shape index (κ3) is 5.92. The summed E-state index contributed by atoms with van der Waals surface area (Å²) >= 11 is 0. The smallest absolute Gasteiger partial charge is 0.239 e. The Balaban J connectivity index is 1.74. The summed E-state index contributed by atoms with van der Waals surface area (Å²) in [6.45, 7) is 4.44. The molecule has 24 heavy (non-hydrogen) atoms. The van der Waals surface area contributed by atoms with Gasteiger partial charge in [-0.15, -0.1) is 0 Å². The molecule has 0 aliphatic heterocycles. The summed E-state index contributed by atoms with van der Waals surface area (Å²) in [6.07, 6.45) is 4.65. The van der Waals surface area contributed by atoms with Gasteiger partial charge in [0, 0.05) is 11.7 Å². The predicted octanol–water partition coefficient (Wildman–Crippen LogP) is 1.96. The van der Waals surface area contributed by atoms with Crippen LogP contribution in [0.1, 0.15) is 38.3 Å². The summed E-state index contributed by atoms with van der Waals surface area (Å²) in [5.74, 6) is 0.879. The van der Waals surface area contributed by atoms with Gasteiger partial charge in [0.15, 0.2) is 0 Å². The van der Waals surface area contributed by atoms with Crippen molar-refractivity contribution in [2.75, 3.05) is 25.5 Å². The standard InChI is InChI=1S/C18H28N4O2/c1-13-7-4-5-9-15(13)20-17(23)11-22(3)12-18(24)21-16-10-6-8-14(2)19-16/h6,8,10,13,15H,4-5,7,9,11-12H2,1-3H3,(H,20,23)(H,19,21,24)/t13-,15+/m0/s1. The molecule has 1 aliphatic carbocycles. The third-order valence-electron chi connectivity index (χ3n) is 4.44. The van der Waals surface area contributed by atoms with E-state index in [0.717, 1.165) is 12.1 Å². The van der Waals surface area contributed by atoms with Crippen molar-refractivity contribution in [2.24, 2.45) is 5.92 Å². The molecule has 0 aromatic carbocycles. The van der Waals surface area contributed by atoms with Gasteiger partial charge < -0.3 is 10.6 Å². The molecule has 2 N–H and O–H groups in total. The molecule has 132 valence electrons. The molecule has 0 spiro atoms. The molecule has 0 saturated heterocycles. The van der Waals surface area contributed by atoms with Gasteiger partial charge >= 0.3 is 0 Å². The van der Waals surface area contributed by atoms with Gasteiger partial charge in [-0.25, -0.2) is 4.98 Å². The molecule has 6 nitrogen and oxygen atoms in total. The molecule has 1 heterocycles. The maximum absolute atomic E-state index is 12.2. The van der Waals surface area contributed by atoms with Crippen molar-refractivity contribution in [1.82, 2.24) is 15.2 Å². The molecule has 6 heteroatoms. The lowest BCUT2D eigenvalue weighted by Crippen LogP contribution is -2.46. The van der Waals surface area contributed by atoms with Crippen LogP contribution in [0, 0.1) is 12.8 Å². The normalized spacial score (nSPS) is 20.7. The van der Waals surface area contributed by atoms with Gasteiger partial charge in [-0.3, -0.25) is 14.5 Å². The number of amides is 2. The second kappa shape index (κ2) is 8.78. The maximum Gasteiger partial charge on any atom is 0.239 e.